The minimum atomic E-state index is -0.840. The van der Waals surface area contributed by atoms with Crippen LogP contribution in [0.1, 0.15) is 25.7 Å². The Labute approximate surface area is 71.1 Å². The zero-order chi connectivity index (χ0) is 7.94. The molecule has 0 radical (unpaired) electrons. The molecule has 0 bridgehead atoms. The van der Waals surface area contributed by atoms with Crippen LogP contribution in [0.25, 0.3) is 0 Å². The smallest absolute Gasteiger partial charge is 0.103 e. The monoisotopic (exact) mass is 188 g/mol. The molecule has 0 saturated carbocycles. The van der Waals surface area contributed by atoms with Gasteiger partial charge >= 0.3 is 0 Å². The molecule has 2 aliphatic rings. The van der Waals surface area contributed by atoms with Crippen molar-refractivity contribution in [1.29, 1.82) is 0 Å². The summed E-state index contributed by atoms with van der Waals surface area (Å²) < 4.78 is 0. The van der Waals surface area contributed by atoms with Gasteiger partial charge in [0, 0.05) is 14.2 Å². The SMILES string of the molecule is C1=PCCC1.[O-][P+]1=CCCC1. The second kappa shape index (κ2) is 5.89. The summed E-state index contributed by atoms with van der Waals surface area (Å²) in [5.74, 6) is 4.25. The Morgan fingerprint density at radius 3 is 2.36 bits per heavy atom. The molecule has 1 atom stereocenters. The van der Waals surface area contributed by atoms with Gasteiger partial charge in [0.2, 0.25) is 0 Å². The summed E-state index contributed by atoms with van der Waals surface area (Å²) in [6.07, 6.45) is 7.38. The van der Waals surface area contributed by atoms with Crippen LogP contribution in [0, 0.1) is 0 Å². The highest BCUT2D eigenvalue weighted by molar-refractivity contribution is 7.50. The molecule has 0 aromatic carbocycles. The molecule has 3 heteroatoms. The number of hydrogen-bond donors (Lipinski definition) is 0. The highest BCUT2D eigenvalue weighted by Gasteiger charge is 2.02. The second-order valence-corrected chi connectivity index (χ2v) is 5.52. The Kier molecular flexibility index (Phi) is 5.03. The summed E-state index contributed by atoms with van der Waals surface area (Å²) in [5, 5.41) is 0. The van der Waals surface area contributed by atoms with Crippen LogP contribution in [0.2, 0.25) is 0 Å². The second-order valence-electron chi connectivity index (χ2n) is 2.70. The van der Waals surface area contributed by atoms with Gasteiger partial charge in [-0.15, -0.1) is 8.20 Å². The maximum atomic E-state index is 10.3. The van der Waals surface area contributed by atoms with Gasteiger partial charge in [-0.2, -0.15) is 0 Å². The maximum Gasteiger partial charge on any atom is 0.103 e. The molecule has 0 N–H and O–H groups in total. The predicted octanol–water partition coefficient (Wildman–Crippen LogP) is 1.87. The van der Waals surface area contributed by atoms with Crippen molar-refractivity contribution >= 4 is 27.6 Å². The zero-order valence-corrected chi connectivity index (χ0v) is 8.49. The first kappa shape index (κ1) is 9.39. The van der Waals surface area contributed by atoms with Crippen LogP contribution in [0.5, 0.6) is 0 Å². The summed E-state index contributed by atoms with van der Waals surface area (Å²) in [6, 6.07) is 0. The fourth-order valence-corrected chi connectivity index (χ4v) is 3.09. The average molecular weight is 188 g/mol. The Balaban J connectivity index is 0.000000112. The van der Waals surface area contributed by atoms with E-state index in [2.05, 4.69) is 5.80 Å². The van der Waals surface area contributed by atoms with Crippen LogP contribution in [0.3, 0.4) is 0 Å². The number of rotatable bonds is 0. The van der Waals surface area contributed by atoms with E-state index in [0.29, 0.717) is 0 Å². The fraction of sp³-hybridized carbons (Fsp3) is 0.750. The highest BCUT2D eigenvalue weighted by Crippen LogP contribution is 2.19. The molecule has 0 aromatic heterocycles. The van der Waals surface area contributed by atoms with E-state index in [1.807, 2.05) is 5.80 Å². The van der Waals surface area contributed by atoms with Crippen molar-refractivity contribution in [3.63, 3.8) is 0 Å². The maximum absolute atomic E-state index is 10.3. The molecular weight excluding hydrogens is 174 g/mol. The first-order chi connectivity index (χ1) is 5.39. The Morgan fingerprint density at radius 1 is 1.27 bits per heavy atom. The number of hydrogen-bond acceptors (Lipinski definition) is 1. The van der Waals surface area contributed by atoms with Crippen LogP contribution < -0.4 is 4.89 Å². The third-order valence-electron chi connectivity index (χ3n) is 1.66. The first-order valence-electron chi connectivity index (χ1n) is 4.15. The topological polar surface area (TPSA) is 23.1 Å². The molecule has 2 heterocycles. The van der Waals surface area contributed by atoms with Crippen molar-refractivity contribution in [2.24, 2.45) is 0 Å². The van der Waals surface area contributed by atoms with Crippen molar-refractivity contribution in [3.05, 3.63) is 0 Å². The lowest BCUT2D eigenvalue weighted by Gasteiger charge is -1.81. The third-order valence-corrected chi connectivity index (χ3v) is 4.18. The molecule has 1 nitrogen and oxygen atoms in total. The van der Waals surface area contributed by atoms with Gasteiger partial charge in [-0.25, -0.2) is 0 Å². The van der Waals surface area contributed by atoms with Gasteiger partial charge in [0.05, 0.1) is 5.80 Å². The van der Waals surface area contributed by atoms with Gasteiger partial charge in [0.25, 0.3) is 0 Å². The first-order valence-corrected chi connectivity index (χ1v) is 6.81. The third kappa shape index (κ3) is 4.69. The summed E-state index contributed by atoms with van der Waals surface area (Å²) in [5.41, 5.74) is 0. The van der Waals surface area contributed by atoms with Crippen LogP contribution in [0.15, 0.2) is 0 Å². The van der Waals surface area contributed by atoms with E-state index in [-0.39, 0.29) is 0 Å². The Bertz CT molecular complexity index is 157. The molecule has 0 amide bonds. The van der Waals surface area contributed by atoms with Gasteiger partial charge in [-0.1, -0.05) is 5.80 Å². The molecule has 11 heavy (non-hydrogen) atoms. The van der Waals surface area contributed by atoms with Crippen LogP contribution >= 0.6 is 16.0 Å². The molecule has 1 unspecified atom stereocenters. The summed E-state index contributed by atoms with van der Waals surface area (Å²) >= 11 is 0. The van der Waals surface area contributed by atoms with E-state index in [4.69, 9.17) is 0 Å². The molecule has 0 aliphatic carbocycles. The highest BCUT2D eigenvalue weighted by atomic mass is 31.1. The Hall–Kier alpha value is 0.300. The van der Waals surface area contributed by atoms with E-state index in [0.717, 1.165) is 19.0 Å². The molecule has 0 saturated heterocycles. The minimum absolute atomic E-state index is 0.840. The largest absolute Gasteiger partial charge is 0.631 e. The van der Waals surface area contributed by atoms with E-state index in [1.54, 1.807) is 8.20 Å². The van der Waals surface area contributed by atoms with Crippen molar-refractivity contribution in [1.82, 2.24) is 0 Å². The molecule has 0 aromatic rings. The van der Waals surface area contributed by atoms with Crippen LogP contribution in [-0.4, -0.2) is 23.9 Å². The van der Waals surface area contributed by atoms with Crippen molar-refractivity contribution in [3.8, 4) is 0 Å². The van der Waals surface area contributed by atoms with Gasteiger partial charge in [-0.3, -0.25) is 0 Å². The quantitative estimate of drug-likeness (QED) is 0.532. The van der Waals surface area contributed by atoms with Gasteiger partial charge in [0.1, 0.15) is 6.16 Å². The van der Waals surface area contributed by atoms with Crippen molar-refractivity contribution in [2.75, 3.05) is 12.3 Å². The van der Waals surface area contributed by atoms with Gasteiger partial charge in [0.15, 0.2) is 0 Å². The fourth-order valence-electron chi connectivity index (χ4n) is 1.03. The minimum Gasteiger partial charge on any atom is -0.631 e. The molecular formula is C8H14OP2. The van der Waals surface area contributed by atoms with Crippen molar-refractivity contribution in [2.45, 2.75) is 25.7 Å². The molecule has 0 fully saturated rings. The lowest BCUT2D eigenvalue weighted by molar-refractivity contribution is -0.152. The van der Waals surface area contributed by atoms with Crippen LogP contribution in [0.4, 0.5) is 0 Å². The molecule has 2 aliphatic heterocycles. The molecule has 2 rings (SSSR count). The lowest BCUT2D eigenvalue weighted by atomic mass is 10.4. The van der Waals surface area contributed by atoms with Gasteiger partial charge in [-0.05, 0) is 25.4 Å². The van der Waals surface area contributed by atoms with Gasteiger partial charge < -0.3 is 4.89 Å². The standard InChI is InChI=1S/C4H7OP.C4H7P/c5-6-3-1-2-4-6;1-2-4-5-3-1/h3H,1-2,4H2;3H,1-2,4H2. The molecule has 62 valence electrons. The van der Waals surface area contributed by atoms with E-state index >= 15 is 0 Å². The van der Waals surface area contributed by atoms with E-state index in [1.165, 1.54) is 19.0 Å². The predicted molar refractivity (Wildman–Crippen MR) is 54.2 cm³/mol. The van der Waals surface area contributed by atoms with Crippen LogP contribution in [-0.2, 0) is 0 Å². The Morgan fingerprint density at radius 2 is 2.18 bits per heavy atom. The normalized spacial score (nSPS) is 25.7. The zero-order valence-electron chi connectivity index (χ0n) is 6.70. The lowest BCUT2D eigenvalue weighted by Crippen LogP contribution is -1.85. The average Bonchev–Trinajstić information content (AvgIpc) is 2.57. The summed E-state index contributed by atoms with van der Waals surface area (Å²) in [4.78, 5) is 10.3. The van der Waals surface area contributed by atoms with Crippen molar-refractivity contribution < 1.29 is 4.89 Å². The summed E-state index contributed by atoms with van der Waals surface area (Å²) in [7, 11) is 0.726. The summed E-state index contributed by atoms with van der Waals surface area (Å²) in [6.45, 7) is 0. The van der Waals surface area contributed by atoms with E-state index in [9.17, 15) is 4.89 Å². The van der Waals surface area contributed by atoms with E-state index < -0.39 is 7.77 Å². The molecule has 0 spiro atoms.